The van der Waals surface area contributed by atoms with E-state index in [1.54, 1.807) is 6.08 Å². The Morgan fingerprint density at radius 3 is 1.33 bits per heavy atom. The van der Waals surface area contributed by atoms with Crippen LogP contribution in [0.2, 0.25) is 0 Å². The second-order valence-corrected chi connectivity index (χ2v) is 21.8. The number of hydrogen-bond acceptors (Lipinski definition) is 13. The van der Waals surface area contributed by atoms with Crippen molar-refractivity contribution in [1.82, 2.24) is 5.32 Å². The summed E-state index contributed by atoms with van der Waals surface area (Å²) in [5.74, 6) is -0.241. The summed E-state index contributed by atoms with van der Waals surface area (Å²) >= 11 is 0. The van der Waals surface area contributed by atoms with Crippen molar-refractivity contribution in [2.45, 2.75) is 319 Å². The summed E-state index contributed by atoms with van der Waals surface area (Å²) in [4.78, 5) is 13.2. The fourth-order valence-electron chi connectivity index (χ4n) is 10.0. The molecule has 0 aromatic heterocycles. The Labute approximate surface area is 461 Å². The van der Waals surface area contributed by atoms with E-state index in [1.165, 1.54) is 167 Å². The van der Waals surface area contributed by atoms with Crippen molar-refractivity contribution in [2.75, 3.05) is 19.8 Å². The molecule has 2 rings (SSSR count). The molecule has 0 radical (unpaired) electrons. The molecule has 2 saturated heterocycles. The number of amides is 1. The number of nitrogens with one attached hydrogen (secondary N) is 1. The molecule has 0 aliphatic carbocycles. The summed E-state index contributed by atoms with van der Waals surface area (Å²) in [5.41, 5.74) is 0. The van der Waals surface area contributed by atoms with Gasteiger partial charge in [-0.2, -0.15) is 0 Å². The molecule has 0 saturated carbocycles. The number of carbonyl (C=O) groups excluding carboxylic acids is 1. The Morgan fingerprint density at radius 1 is 0.474 bits per heavy atom. The fourth-order valence-corrected chi connectivity index (χ4v) is 10.0. The summed E-state index contributed by atoms with van der Waals surface area (Å²) in [6.45, 7) is 2.75. The van der Waals surface area contributed by atoms with Crippen molar-refractivity contribution >= 4 is 5.91 Å². The van der Waals surface area contributed by atoms with Gasteiger partial charge in [-0.3, -0.25) is 4.79 Å². The zero-order valence-electron chi connectivity index (χ0n) is 47.7. The highest BCUT2D eigenvalue weighted by Gasteiger charge is 2.51. The lowest BCUT2D eigenvalue weighted by Gasteiger charge is -2.46. The van der Waals surface area contributed by atoms with Crippen LogP contribution in [0.5, 0.6) is 0 Å². The Kier molecular flexibility index (Phi) is 44.0. The standard InChI is InChI=1S/C62H113NO13/c1-3-5-7-9-11-13-14-15-16-17-18-19-20-21-22-23-24-25-26-27-28-29-30-31-32-33-34-35-36-38-40-42-44-46-54(67)63-50(51(66)45-43-41-39-37-12-10-8-6-4-2)49-73-61-59(72)57(70)60(53(48-65)75-61)76-62-58(71)56(69)55(68)52(47-64)74-62/h14-15,17-18,20-21,43,45,50-53,55-62,64-66,68-72H,3-13,16,19,22-42,44,46-49H2,1-2H3,(H,63,67)/b15-14-,18-17-,21-20-,45-43+. The lowest BCUT2D eigenvalue weighted by Crippen LogP contribution is -2.65. The van der Waals surface area contributed by atoms with Gasteiger partial charge in [0.25, 0.3) is 0 Å². The summed E-state index contributed by atoms with van der Waals surface area (Å²) < 4.78 is 22.7. The van der Waals surface area contributed by atoms with Crippen molar-refractivity contribution in [1.29, 1.82) is 0 Å². The number of carbonyl (C=O) groups is 1. The van der Waals surface area contributed by atoms with Crippen LogP contribution in [0, 0.1) is 0 Å². The van der Waals surface area contributed by atoms with Gasteiger partial charge >= 0.3 is 0 Å². The van der Waals surface area contributed by atoms with Crippen LogP contribution < -0.4 is 5.32 Å². The van der Waals surface area contributed by atoms with E-state index in [1.807, 2.05) is 6.08 Å². The van der Waals surface area contributed by atoms with Crippen LogP contribution in [0.1, 0.15) is 245 Å². The Bertz CT molecular complexity index is 1460. The summed E-state index contributed by atoms with van der Waals surface area (Å²) in [5, 5.41) is 86.8. The van der Waals surface area contributed by atoms with E-state index in [4.69, 9.17) is 18.9 Å². The quantitative estimate of drug-likeness (QED) is 0.0204. The first kappa shape index (κ1) is 70.1. The van der Waals surface area contributed by atoms with Crippen LogP contribution in [-0.4, -0.2) is 140 Å². The Balaban J connectivity index is 1.59. The molecule has 2 heterocycles. The second kappa shape index (κ2) is 47.7. The molecule has 14 nitrogen and oxygen atoms in total. The summed E-state index contributed by atoms with van der Waals surface area (Å²) in [6, 6.07) is -0.912. The third-order valence-electron chi connectivity index (χ3n) is 15.0. The number of allylic oxidation sites excluding steroid dienone is 7. The van der Waals surface area contributed by atoms with Gasteiger partial charge in [-0.1, -0.05) is 229 Å². The van der Waals surface area contributed by atoms with E-state index >= 15 is 0 Å². The zero-order chi connectivity index (χ0) is 55.3. The summed E-state index contributed by atoms with van der Waals surface area (Å²) in [7, 11) is 0. The average Bonchev–Trinajstić information content (AvgIpc) is 3.42. The van der Waals surface area contributed by atoms with Crippen LogP contribution in [0.25, 0.3) is 0 Å². The molecule has 76 heavy (non-hydrogen) atoms. The van der Waals surface area contributed by atoms with Crippen molar-refractivity contribution < 1.29 is 64.6 Å². The van der Waals surface area contributed by atoms with Crippen molar-refractivity contribution in [3.8, 4) is 0 Å². The van der Waals surface area contributed by atoms with Gasteiger partial charge < -0.3 is 65.1 Å². The molecule has 9 N–H and O–H groups in total. The van der Waals surface area contributed by atoms with E-state index in [0.717, 1.165) is 51.4 Å². The molecule has 1 amide bonds. The van der Waals surface area contributed by atoms with Crippen LogP contribution >= 0.6 is 0 Å². The first-order valence-electron chi connectivity index (χ1n) is 30.9. The van der Waals surface area contributed by atoms with Gasteiger partial charge in [0.1, 0.15) is 48.8 Å². The molecule has 0 spiro atoms. The molecule has 12 atom stereocenters. The van der Waals surface area contributed by atoms with E-state index in [0.29, 0.717) is 6.42 Å². The first-order valence-corrected chi connectivity index (χ1v) is 30.9. The smallest absolute Gasteiger partial charge is 0.220 e. The van der Waals surface area contributed by atoms with Gasteiger partial charge in [-0.25, -0.2) is 0 Å². The van der Waals surface area contributed by atoms with Gasteiger partial charge in [0.05, 0.1) is 32.0 Å². The van der Waals surface area contributed by atoms with Crippen LogP contribution in [0.3, 0.4) is 0 Å². The highest BCUT2D eigenvalue weighted by atomic mass is 16.7. The monoisotopic (exact) mass is 1080 g/mol. The maximum absolute atomic E-state index is 13.2. The van der Waals surface area contributed by atoms with Gasteiger partial charge in [0, 0.05) is 6.42 Å². The topological polar surface area (TPSA) is 228 Å². The maximum Gasteiger partial charge on any atom is 0.220 e. The maximum atomic E-state index is 13.2. The zero-order valence-corrected chi connectivity index (χ0v) is 47.7. The van der Waals surface area contributed by atoms with Crippen LogP contribution in [0.4, 0.5) is 0 Å². The lowest BCUT2D eigenvalue weighted by atomic mass is 9.97. The van der Waals surface area contributed by atoms with E-state index < -0.39 is 86.8 Å². The number of unbranched alkanes of at least 4 members (excludes halogenated alkanes) is 30. The minimum absolute atomic E-state index is 0.241. The first-order chi connectivity index (χ1) is 37.1. The predicted octanol–water partition coefficient (Wildman–Crippen LogP) is 10.8. The minimum atomic E-state index is -1.79. The molecule has 12 unspecified atom stereocenters. The van der Waals surface area contributed by atoms with Crippen molar-refractivity contribution in [3.63, 3.8) is 0 Å². The Morgan fingerprint density at radius 2 is 0.868 bits per heavy atom. The molecule has 444 valence electrons. The van der Waals surface area contributed by atoms with Gasteiger partial charge in [-0.15, -0.1) is 0 Å². The predicted molar refractivity (Wildman–Crippen MR) is 304 cm³/mol. The van der Waals surface area contributed by atoms with Crippen LogP contribution in [0.15, 0.2) is 48.6 Å². The summed E-state index contributed by atoms with van der Waals surface area (Å²) in [6.07, 6.45) is 43.4. The SMILES string of the molecule is CCCCCCC/C=C\C/C=C\C/C=C\CCCCCCCCCCCCCCCCCCCCC(=O)NC(COC1OC(CO)C(OC2OC(CO)C(O)C(O)C2O)C(O)C1O)C(O)/C=C/CCCCCCCCC. The molecule has 2 aliphatic rings. The van der Waals surface area contributed by atoms with E-state index in [9.17, 15) is 45.6 Å². The van der Waals surface area contributed by atoms with Gasteiger partial charge in [0.2, 0.25) is 5.91 Å². The fraction of sp³-hybridized carbons (Fsp3) is 0.855. The molecule has 14 heteroatoms. The number of aliphatic hydroxyl groups is 8. The minimum Gasteiger partial charge on any atom is -0.394 e. The molecule has 0 aromatic rings. The average molecular weight is 1080 g/mol. The third-order valence-corrected chi connectivity index (χ3v) is 15.0. The van der Waals surface area contributed by atoms with E-state index in [-0.39, 0.29) is 18.9 Å². The number of ether oxygens (including phenoxy) is 4. The highest BCUT2D eigenvalue weighted by molar-refractivity contribution is 5.76. The van der Waals surface area contributed by atoms with Crippen molar-refractivity contribution in [2.24, 2.45) is 0 Å². The Hall–Kier alpha value is -2.05. The molecule has 2 aliphatic heterocycles. The molecular weight excluding hydrogens is 967 g/mol. The molecule has 2 fully saturated rings. The van der Waals surface area contributed by atoms with Gasteiger partial charge in [0.15, 0.2) is 12.6 Å². The van der Waals surface area contributed by atoms with Gasteiger partial charge in [-0.05, 0) is 57.8 Å². The number of rotatable bonds is 49. The van der Waals surface area contributed by atoms with Crippen molar-refractivity contribution in [3.05, 3.63) is 48.6 Å². The molecule has 0 aromatic carbocycles. The lowest BCUT2D eigenvalue weighted by molar-refractivity contribution is -0.359. The van der Waals surface area contributed by atoms with E-state index in [2.05, 4.69) is 55.6 Å². The number of aliphatic hydroxyl groups excluding tert-OH is 8. The number of hydrogen-bond donors (Lipinski definition) is 9. The largest absolute Gasteiger partial charge is 0.394 e. The second-order valence-electron chi connectivity index (χ2n) is 21.8. The highest BCUT2D eigenvalue weighted by Crippen LogP contribution is 2.30. The molecular formula is C62H113NO13. The normalized spacial score (nSPS) is 25.2. The molecule has 0 bridgehead atoms. The van der Waals surface area contributed by atoms with Crippen LogP contribution in [-0.2, 0) is 23.7 Å². The third kappa shape index (κ3) is 32.9.